The lowest BCUT2D eigenvalue weighted by Gasteiger charge is -2.26. The van der Waals surface area contributed by atoms with Crippen molar-refractivity contribution in [2.75, 3.05) is 11.4 Å². The van der Waals surface area contributed by atoms with Crippen LogP contribution in [-0.2, 0) is 27.8 Å². The highest BCUT2D eigenvalue weighted by Gasteiger charge is 2.38. The van der Waals surface area contributed by atoms with Crippen LogP contribution in [0.3, 0.4) is 0 Å². The molecule has 0 radical (unpaired) electrons. The number of sulfonamides is 1. The summed E-state index contributed by atoms with van der Waals surface area (Å²) in [7, 11) is -3.65. The van der Waals surface area contributed by atoms with Gasteiger partial charge in [0.2, 0.25) is 15.9 Å². The van der Waals surface area contributed by atoms with Crippen LogP contribution in [0.4, 0.5) is 5.69 Å². The summed E-state index contributed by atoms with van der Waals surface area (Å²) in [4.78, 5) is 18.4. The first-order chi connectivity index (χ1) is 12.0. The quantitative estimate of drug-likeness (QED) is 0.907. The van der Waals surface area contributed by atoms with Gasteiger partial charge < -0.3 is 4.90 Å². The molecule has 25 heavy (non-hydrogen) atoms. The third-order valence-corrected chi connectivity index (χ3v) is 6.27. The fourth-order valence-electron chi connectivity index (χ4n) is 3.58. The van der Waals surface area contributed by atoms with Gasteiger partial charge >= 0.3 is 0 Å². The number of amides is 1. The number of rotatable bonds is 4. The second-order valence-corrected chi connectivity index (χ2v) is 8.29. The lowest BCUT2D eigenvalue weighted by atomic mass is 9.97. The Kier molecular flexibility index (Phi) is 3.85. The molecule has 1 amide bonds. The predicted octanol–water partition coefficient (Wildman–Crippen LogP) is 1.96. The van der Waals surface area contributed by atoms with E-state index < -0.39 is 10.0 Å². The second kappa shape index (κ2) is 5.93. The number of pyridine rings is 1. The van der Waals surface area contributed by atoms with Gasteiger partial charge in [0, 0.05) is 25.5 Å². The van der Waals surface area contributed by atoms with Gasteiger partial charge in [-0.2, -0.15) is 0 Å². The number of benzene rings is 1. The van der Waals surface area contributed by atoms with Crippen LogP contribution in [0.25, 0.3) is 0 Å². The second-order valence-electron chi connectivity index (χ2n) is 6.52. The van der Waals surface area contributed by atoms with Gasteiger partial charge in [0.05, 0.1) is 16.5 Å². The van der Waals surface area contributed by atoms with E-state index >= 15 is 0 Å². The summed E-state index contributed by atoms with van der Waals surface area (Å²) in [5, 5.41) is 0. The fraction of sp³-hybridized carbons (Fsp3) is 0.333. The number of nitrogens with zero attached hydrogens (tertiary/aromatic N) is 2. The first-order valence-electron chi connectivity index (χ1n) is 8.34. The molecule has 7 heteroatoms. The summed E-state index contributed by atoms with van der Waals surface area (Å²) in [5.74, 6) is -0.228. The van der Waals surface area contributed by atoms with Gasteiger partial charge in [0.25, 0.3) is 0 Å². The molecule has 3 heterocycles. The summed E-state index contributed by atoms with van der Waals surface area (Å²) in [6.07, 6.45) is 4.93. The maximum Gasteiger partial charge on any atom is 0.240 e. The van der Waals surface area contributed by atoms with Gasteiger partial charge in [-0.3, -0.25) is 9.78 Å². The number of carbonyl (C=O) groups is 1. The number of hydrogen-bond acceptors (Lipinski definition) is 4. The number of aryl methyl sites for hydroxylation is 1. The molecule has 2 aliphatic rings. The Hall–Kier alpha value is -2.25. The van der Waals surface area contributed by atoms with Gasteiger partial charge in [-0.1, -0.05) is 6.07 Å². The minimum Gasteiger partial charge on any atom is -0.311 e. The zero-order chi connectivity index (χ0) is 17.6. The SMILES string of the molecule is C[C@H]1C(=O)N2CCCc3cc(S(=O)(=O)NCc4cccnc4)cc1c32. The number of anilines is 1. The van der Waals surface area contributed by atoms with Crippen LogP contribution < -0.4 is 9.62 Å². The Morgan fingerprint density at radius 3 is 2.96 bits per heavy atom. The fourth-order valence-corrected chi connectivity index (χ4v) is 4.69. The third-order valence-electron chi connectivity index (χ3n) is 4.89. The molecule has 0 saturated heterocycles. The molecule has 1 aromatic heterocycles. The Morgan fingerprint density at radius 1 is 1.36 bits per heavy atom. The van der Waals surface area contributed by atoms with E-state index in [1.54, 1.807) is 35.5 Å². The van der Waals surface area contributed by atoms with E-state index in [2.05, 4.69) is 9.71 Å². The molecule has 1 atom stereocenters. The molecule has 2 aliphatic heterocycles. The lowest BCUT2D eigenvalue weighted by molar-refractivity contribution is -0.119. The van der Waals surface area contributed by atoms with Crippen molar-refractivity contribution in [3.8, 4) is 0 Å². The molecule has 1 aromatic carbocycles. The minimum absolute atomic E-state index is 0.0637. The van der Waals surface area contributed by atoms with Crippen LogP contribution in [0, 0.1) is 0 Å². The van der Waals surface area contributed by atoms with Gasteiger partial charge in [0.1, 0.15) is 0 Å². The minimum atomic E-state index is -3.65. The topological polar surface area (TPSA) is 79.4 Å². The predicted molar refractivity (Wildman–Crippen MR) is 93.8 cm³/mol. The van der Waals surface area contributed by atoms with Crippen LogP contribution in [-0.4, -0.2) is 25.9 Å². The zero-order valence-electron chi connectivity index (χ0n) is 13.9. The van der Waals surface area contributed by atoms with Crippen molar-refractivity contribution in [1.82, 2.24) is 9.71 Å². The molecule has 4 rings (SSSR count). The third kappa shape index (κ3) is 2.73. The van der Waals surface area contributed by atoms with E-state index in [1.807, 2.05) is 13.0 Å². The van der Waals surface area contributed by atoms with Crippen LogP contribution in [0.15, 0.2) is 41.6 Å². The standard InChI is InChI=1S/C18H19N3O3S/c1-12-16-9-15(8-14-5-3-7-21(17(14)16)18(12)22)25(23,24)20-11-13-4-2-6-19-10-13/h2,4,6,8-10,12,20H,3,5,7,11H2,1H3/t12-/m1/s1. The first-order valence-corrected chi connectivity index (χ1v) is 9.82. The van der Waals surface area contributed by atoms with Crippen molar-refractivity contribution >= 4 is 21.6 Å². The Labute approximate surface area is 146 Å². The van der Waals surface area contributed by atoms with Crippen molar-refractivity contribution < 1.29 is 13.2 Å². The normalized spacial score (nSPS) is 19.2. The molecule has 2 aromatic rings. The Morgan fingerprint density at radius 2 is 2.20 bits per heavy atom. The Balaban J connectivity index is 1.68. The molecule has 1 N–H and O–H groups in total. The van der Waals surface area contributed by atoms with E-state index in [4.69, 9.17) is 0 Å². The maximum atomic E-state index is 12.7. The van der Waals surface area contributed by atoms with E-state index in [0.717, 1.165) is 35.2 Å². The number of nitrogens with one attached hydrogen (secondary N) is 1. The van der Waals surface area contributed by atoms with E-state index in [0.29, 0.717) is 6.54 Å². The highest BCUT2D eigenvalue weighted by atomic mass is 32.2. The molecule has 0 unspecified atom stereocenters. The van der Waals surface area contributed by atoms with E-state index in [1.165, 1.54) is 0 Å². The van der Waals surface area contributed by atoms with Gasteiger partial charge in [-0.15, -0.1) is 0 Å². The van der Waals surface area contributed by atoms with Crippen LogP contribution >= 0.6 is 0 Å². The van der Waals surface area contributed by atoms with Crippen molar-refractivity contribution in [2.24, 2.45) is 0 Å². The van der Waals surface area contributed by atoms with Crippen molar-refractivity contribution in [1.29, 1.82) is 0 Å². The summed E-state index contributed by atoms with van der Waals surface area (Å²) < 4.78 is 28.1. The summed E-state index contributed by atoms with van der Waals surface area (Å²) in [5.41, 5.74) is 3.49. The largest absolute Gasteiger partial charge is 0.311 e. The molecule has 6 nitrogen and oxygen atoms in total. The van der Waals surface area contributed by atoms with Crippen molar-refractivity contribution in [3.63, 3.8) is 0 Å². The highest BCUT2D eigenvalue weighted by Crippen LogP contribution is 2.43. The van der Waals surface area contributed by atoms with Gasteiger partial charge in [0.15, 0.2) is 0 Å². The molecule has 0 fully saturated rings. The summed E-state index contributed by atoms with van der Waals surface area (Å²) >= 11 is 0. The van der Waals surface area contributed by atoms with E-state index in [-0.39, 0.29) is 23.3 Å². The summed E-state index contributed by atoms with van der Waals surface area (Å²) in [6, 6.07) is 6.95. The number of aromatic nitrogens is 1. The van der Waals surface area contributed by atoms with E-state index in [9.17, 15) is 13.2 Å². The molecule has 0 aliphatic carbocycles. The van der Waals surface area contributed by atoms with Crippen LogP contribution in [0.2, 0.25) is 0 Å². The van der Waals surface area contributed by atoms with Crippen LogP contribution in [0.1, 0.15) is 36.0 Å². The van der Waals surface area contributed by atoms with Crippen molar-refractivity contribution in [3.05, 3.63) is 53.3 Å². The molecular formula is C18H19N3O3S. The van der Waals surface area contributed by atoms with Crippen LogP contribution in [0.5, 0.6) is 0 Å². The van der Waals surface area contributed by atoms with Gasteiger partial charge in [-0.05, 0) is 54.7 Å². The average Bonchev–Trinajstić information content (AvgIpc) is 2.88. The molecular weight excluding hydrogens is 338 g/mol. The molecule has 0 spiro atoms. The van der Waals surface area contributed by atoms with Crippen molar-refractivity contribution in [2.45, 2.75) is 37.1 Å². The maximum absolute atomic E-state index is 12.7. The summed E-state index contributed by atoms with van der Waals surface area (Å²) in [6.45, 7) is 2.74. The zero-order valence-corrected chi connectivity index (χ0v) is 14.7. The smallest absolute Gasteiger partial charge is 0.240 e. The lowest BCUT2D eigenvalue weighted by Crippen LogP contribution is -2.32. The molecule has 0 bridgehead atoms. The number of hydrogen-bond donors (Lipinski definition) is 1. The highest BCUT2D eigenvalue weighted by molar-refractivity contribution is 7.89. The Bertz CT molecular complexity index is 942. The van der Waals surface area contributed by atoms with Gasteiger partial charge in [-0.25, -0.2) is 13.1 Å². The monoisotopic (exact) mass is 357 g/mol. The first kappa shape index (κ1) is 16.2. The average molecular weight is 357 g/mol. The number of carbonyl (C=O) groups excluding carboxylic acids is 1. The molecule has 0 saturated carbocycles. The molecule has 130 valence electrons.